The normalized spacial score (nSPS) is 24.1. The Balaban J connectivity index is 2.42. The zero-order chi connectivity index (χ0) is 26.2. The average Bonchev–Trinajstić information content (AvgIpc) is 2.74. The lowest BCUT2D eigenvalue weighted by Gasteiger charge is -2.44. The third-order valence-corrected chi connectivity index (χ3v) is 5.86. The highest BCUT2D eigenvalue weighted by Crippen LogP contribution is 2.36. The molecule has 0 unspecified atom stereocenters. The Morgan fingerprint density at radius 1 is 0.943 bits per heavy atom. The quantitative estimate of drug-likeness (QED) is 0.281. The van der Waals surface area contributed by atoms with Gasteiger partial charge in [0.15, 0.2) is 12.2 Å². The Morgan fingerprint density at radius 2 is 1.54 bits per heavy atom. The molecule has 0 aromatic heterocycles. The number of hydrogen-bond acceptors (Lipinski definition) is 10. The SMILES string of the molecule is CC(=O)OC[C@H]1O[C@@H](Sc2ccccc2)[C@H](NC(=O)OCC(Cl)(Cl)Cl)[C@@H](OC(C)=O)[C@@H]1OC(C)=O. The molecule has 1 aromatic carbocycles. The number of halogens is 3. The number of ether oxygens (including phenoxy) is 5. The number of carbonyl (C=O) groups is 4. The van der Waals surface area contributed by atoms with Crippen LogP contribution in [0.1, 0.15) is 20.8 Å². The van der Waals surface area contributed by atoms with Gasteiger partial charge in [0.2, 0.25) is 3.79 Å². The van der Waals surface area contributed by atoms with Crippen LogP contribution in [-0.4, -0.2) is 70.8 Å². The standard InChI is InChI=1S/C21H24Cl3NO9S/c1-11(26)30-9-15-17(32-12(2)27)18(33-13(3)28)16(25-20(29)31-10-21(22,23)24)19(34-15)35-14-7-5-4-6-8-14/h4-8,15-19H,9-10H2,1-3H3,(H,25,29)/t15-,16-,17-,18-,19+/m1/s1. The number of thioether (sulfide) groups is 1. The number of benzene rings is 1. The van der Waals surface area contributed by atoms with Gasteiger partial charge in [-0.1, -0.05) is 64.8 Å². The van der Waals surface area contributed by atoms with Crippen molar-refractivity contribution in [2.45, 2.75) is 59.2 Å². The van der Waals surface area contributed by atoms with Crippen LogP contribution in [0.3, 0.4) is 0 Å². The number of alkyl carbamates (subject to hydrolysis) is 1. The summed E-state index contributed by atoms with van der Waals surface area (Å²) in [4.78, 5) is 48.5. The molecule has 1 N–H and O–H groups in total. The first-order valence-electron chi connectivity index (χ1n) is 10.2. The monoisotopic (exact) mass is 571 g/mol. The van der Waals surface area contributed by atoms with E-state index in [-0.39, 0.29) is 6.61 Å². The minimum atomic E-state index is -1.86. The minimum Gasteiger partial charge on any atom is -0.463 e. The van der Waals surface area contributed by atoms with E-state index in [0.29, 0.717) is 0 Å². The number of carbonyl (C=O) groups excluding carboxylic acids is 4. The molecule has 1 aromatic rings. The molecule has 194 valence electrons. The van der Waals surface area contributed by atoms with Crippen molar-refractivity contribution in [2.75, 3.05) is 13.2 Å². The maximum Gasteiger partial charge on any atom is 0.407 e. The molecule has 0 saturated carbocycles. The Hall–Kier alpha value is -1.92. The number of hydrogen-bond donors (Lipinski definition) is 1. The zero-order valence-corrected chi connectivity index (χ0v) is 22.0. The van der Waals surface area contributed by atoms with E-state index in [4.69, 9.17) is 58.5 Å². The van der Waals surface area contributed by atoms with E-state index in [0.717, 1.165) is 18.7 Å². The molecular formula is C21H24Cl3NO9S. The van der Waals surface area contributed by atoms with Gasteiger partial charge in [0.25, 0.3) is 0 Å². The average molecular weight is 573 g/mol. The molecule has 14 heteroatoms. The van der Waals surface area contributed by atoms with E-state index in [1.54, 1.807) is 24.3 Å². The van der Waals surface area contributed by atoms with Crippen LogP contribution in [-0.2, 0) is 38.1 Å². The predicted molar refractivity (Wildman–Crippen MR) is 127 cm³/mol. The van der Waals surface area contributed by atoms with E-state index >= 15 is 0 Å². The first-order chi connectivity index (χ1) is 16.4. The summed E-state index contributed by atoms with van der Waals surface area (Å²) in [5, 5.41) is 2.55. The fraction of sp³-hybridized carbons (Fsp3) is 0.524. The van der Waals surface area contributed by atoms with Crippen molar-refractivity contribution < 1.29 is 42.9 Å². The predicted octanol–water partition coefficient (Wildman–Crippen LogP) is 3.40. The van der Waals surface area contributed by atoms with Gasteiger partial charge >= 0.3 is 24.0 Å². The van der Waals surface area contributed by atoms with Crippen molar-refractivity contribution in [3.05, 3.63) is 30.3 Å². The molecule has 0 bridgehead atoms. The molecular weight excluding hydrogens is 549 g/mol. The Labute approximate surface area is 221 Å². The van der Waals surface area contributed by atoms with Crippen LogP contribution < -0.4 is 5.32 Å². The van der Waals surface area contributed by atoms with Gasteiger partial charge in [-0.3, -0.25) is 14.4 Å². The lowest BCUT2D eigenvalue weighted by molar-refractivity contribution is -0.211. The fourth-order valence-electron chi connectivity index (χ4n) is 3.11. The highest BCUT2D eigenvalue weighted by Gasteiger charge is 2.51. The molecule has 1 aliphatic rings. The highest BCUT2D eigenvalue weighted by molar-refractivity contribution is 7.99. The topological polar surface area (TPSA) is 126 Å². The van der Waals surface area contributed by atoms with Crippen molar-refractivity contribution >= 4 is 70.6 Å². The zero-order valence-electron chi connectivity index (χ0n) is 18.9. The van der Waals surface area contributed by atoms with Gasteiger partial charge < -0.3 is 29.0 Å². The second-order valence-corrected chi connectivity index (χ2v) is 11.0. The van der Waals surface area contributed by atoms with Crippen LogP contribution in [0.25, 0.3) is 0 Å². The second-order valence-electron chi connectivity index (χ2n) is 7.29. The van der Waals surface area contributed by atoms with Crippen molar-refractivity contribution in [3.63, 3.8) is 0 Å². The number of esters is 3. The Bertz CT molecular complexity index is 900. The van der Waals surface area contributed by atoms with Gasteiger partial charge in [-0.05, 0) is 12.1 Å². The Morgan fingerprint density at radius 3 is 2.09 bits per heavy atom. The molecule has 1 heterocycles. The van der Waals surface area contributed by atoms with Gasteiger partial charge in [-0.15, -0.1) is 0 Å². The first kappa shape index (κ1) is 29.3. The van der Waals surface area contributed by atoms with Crippen LogP contribution in [0.5, 0.6) is 0 Å². The van der Waals surface area contributed by atoms with E-state index in [2.05, 4.69) is 5.32 Å². The van der Waals surface area contributed by atoms with Gasteiger partial charge in [-0.25, -0.2) is 4.79 Å². The number of amides is 1. The number of rotatable bonds is 8. The van der Waals surface area contributed by atoms with Gasteiger partial charge in [-0.2, -0.15) is 0 Å². The molecule has 10 nitrogen and oxygen atoms in total. The van der Waals surface area contributed by atoms with Crippen LogP contribution in [0, 0.1) is 0 Å². The summed E-state index contributed by atoms with van der Waals surface area (Å²) in [5.41, 5.74) is -0.908. The van der Waals surface area contributed by atoms with Crippen LogP contribution in [0.15, 0.2) is 35.2 Å². The molecule has 0 spiro atoms. The van der Waals surface area contributed by atoms with E-state index in [1.165, 1.54) is 18.7 Å². The molecule has 0 radical (unpaired) electrons. The number of alkyl halides is 3. The van der Waals surface area contributed by atoms with E-state index < -0.39 is 64.2 Å². The molecule has 2 rings (SSSR count). The summed E-state index contributed by atoms with van der Waals surface area (Å²) < 4.78 is 25.1. The molecule has 1 amide bonds. The molecule has 1 saturated heterocycles. The molecule has 5 atom stereocenters. The van der Waals surface area contributed by atoms with E-state index in [1.807, 2.05) is 6.07 Å². The van der Waals surface area contributed by atoms with E-state index in [9.17, 15) is 19.2 Å². The third-order valence-electron chi connectivity index (χ3n) is 4.35. The summed E-state index contributed by atoms with van der Waals surface area (Å²) in [6, 6.07) is 7.91. The smallest absolute Gasteiger partial charge is 0.407 e. The van der Waals surface area contributed by atoms with Gasteiger partial charge in [0.05, 0.1) is 0 Å². The lowest BCUT2D eigenvalue weighted by atomic mass is 9.97. The van der Waals surface area contributed by atoms with Crippen molar-refractivity contribution in [1.29, 1.82) is 0 Å². The molecule has 35 heavy (non-hydrogen) atoms. The first-order valence-corrected chi connectivity index (χ1v) is 12.2. The minimum absolute atomic E-state index is 0.304. The summed E-state index contributed by atoms with van der Waals surface area (Å²) >= 11 is 18.1. The third kappa shape index (κ3) is 10.3. The second kappa shape index (κ2) is 13.4. The summed E-state index contributed by atoms with van der Waals surface area (Å²) in [6.45, 7) is 2.64. The van der Waals surface area contributed by atoms with Gasteiger partial charge in [0, 0.05) is 25.7 Å². The van der Waals surface area contributed by atoms with Crippen LogP contribution in [0.4, 0.5) is 4.79 Å². The van der Waals surface area contributed by atoms with Crippen molar-refractivity contribution in [2.24, 2.45) is 0 Å². The maximum atomic E-state index is 12.5. The van der Waals surface area contributed by atoms with Gasteiger partial charge in [0.1, 0.15) is 30.8 Å². The highest BCUT2D eigenvalue weighted by atomic mass is 35.6. The molecule has 1 aliphatic heterocycles. The van der Waals surface area contributed by atoms with Crippen LogP contribution >= 0.6 is 46.6 Å². The summed E-state index contributed by atoms with van der Waals surface area (Å²) in [5.74, 6) is -2.03. The van der Waals surface area contributed by atoms with Crippen LogP contribution in [0.2, 0.25) is 0 Å². The van der Waals surface area contributed by atoms with Crippen molar-refractivity contribution in [1.82, 2.24) is 5.32 Å². The lowest BCUT2D eigenvalue weighted by Crippen LogP contribution is -2.65. The maximum absolute atomic E-state index is 12.5. The Kier molecular flexibility index (Phi) is 11.2. The van der Waals surface area contributed by atoms with Crippen molar-refractivity contribution in [3.8, 4) is 0 Å². The fourth-order valence-corrected chi connectivity index (χ4v) is 4.43. The number of nitrogens with one attached hydrogen (secondary N) is 1. The summed E-state index contributed by atoms with van der Waals surface area (Å²) in [7, 11) is 0. The largest absolute Gasteiger partial charge is 0.463 e. The summed E-state index contributed by atoms with van der Waals surface area (Å²) in [6.07, 6.45) is -4.50. The molecule has 0 aliphatic carbocycles. The molecule has 1 fully saturated rings.